The van der Waals surface area contributed by atoms with Gasteiger partial charge in [0.1, 0.15) is 5.69 Å². The number of nitrogens with one attached hydrogen (secondary N) is 1. The van der Waals surface area contributed by atoms with Gasteiger partial charge in [-0.1, -0.05) is 22.9 Å². The third-order valence-electron chi connectivity index (χ3n) is 3.82. The van der Waals surface area contributed by atoms with Gasteiger partial charge in [-0.2, -0.15) is 0 Å². The number of aromatic amines is 1. The molecule has 114 valence electrons. The van der Waals surface area contributed by atoms with Crippen LogP contribution in [-0.4, -0.2) is 15.0 Å². The van der Waals surface area contributed by atoms with Crippen molar-refractivity contribution in [2.45, 2.75) is 13.3 Å². The van der Waals surface area contributed by atoms with Gasteiger partial charge in [-0.05, 0) is 47.0 Å². The van der Waals surface area contributed by atoms with Crippen LogP contribution in [0.3, 0.4) is 0 Å². The van der Waals surface area contributed by atoms with Gasteiger partial charge in [0, 0.05) is 10.7 Å². The van der Waals surface area contributed by atoms with E-state index >= 15 is 0 Å². The Labute approximate surface area is 144 Å². The van der Waals surface area contributed by atoms with E-state index in [9.17, 15) is 4.79 Å². The van der Waals surface area contributed by atoms with E-state index in [4.69, 9.17) is 0 Å². The van der Waals surface area contributed by atoms with Crippen molar-refractivity contribution in [3.63, 3.8) is 0 Å². The topological polar surface area (TPSA) is 58.6 Å². The van der Waals surface area contributed by atoms with Crippen LogP contribution in [0.4, 0.5) is 0 Å². The lowest BCUT2D eigenvalue weighted by Gasteiger charge is -2.07. The third kappa shape index (κ3) is 2.48. The van der Waals surface area contributed by atoms with Crippen LogP contribution in [0.2, 0.25) is 0 Å². The fourth-order valence-electron chi connectivity index (χ4n) is 2.66. The number of fused-ring (bicyclic) bond motifs is 2. The molecule has 6 heteroatoms. The molecule has 0 aliphatic heterocycles. The number of aryl methyl sites for hydroxylation is 1. The fourth-order valence-corrected chi connectivity index (χ4v) is 3.91. The molecule has 0 atom stereocenters. The van der Waals surface area contributed by atoms with E-state index in [0.717, 1.165) is 32.1 Å². The molecule has 1 N–H and O–H groups in total. The highest BCUT2D eigenvalue weighted by molar-refractivity contribution is 9.10. The maximum Gasteiger partial charge on any atom is 0.259 e. The lowest BCUT2D eigenvalue weighted by molar-refractivity contribution is 1.10. The second-order valence-corrected chi connectivity index (χ2v) is 7.12. The number of hydrogen-bond donors (Lipinski definition) is 1. The van der Waals surface area contributed by atoms with Gasteiger partial charge in [0.2, 0.25) is 0 Å². The number of halogens is 1. The molecule has 0 saturated carbocycles. The van der Waals surface area contributed by atoms with Crippen molar-refractivity contribution in [2.24, 2.45) is 0 Å². The van der Waals surface area contributed by atoms with Crippen LogP contribution in [0.1, 0.15) is 12.5 Å². The maximum atomic E-state index is 12.5. The zero-order valence-electron chi connectivity index (χ0n) is 12.3. The van der Waals surface area contributed by atoms with Crippen LogP contribution < -0.4 is 5.56 Å². The van der Waals surface area contributed by atoms with E-state index in [1.54, 1.807) is 17.4 Å². The SMILES string of the molecule is CCc1cc(Br)cc2c(=O)[nH]c(-c3cc4ccsc4cn3)nc12. The molecule has 4 nitrogen and oxygen atoms in total. The number of hydrogen-bond acceptors (Lipinski definition) is 4. The molecule has 0 amide bonds. The van der Waals surface area contributed by atoms with Crippen LogP contribution in [0.25, 0.3) is 32.5 Å². The van der Waals surface area contributed by atoms with Crippen LogP contribution >= 0.6 is 27.3 Å². The van der Waals surface area contributed by atoms with Gasteiger partial charge >= 0.3 is 0 Å². The second kappa shape index (κ2) is 5.54. The van der Waals surface area contributed by atoms with Crippen molar-refractivity contribution in [2.75, 3.05) is 0 Å². The molecule has 0 fully saturated rings. The predicted molar refractivity (Wildman–Crippen MR) is 98.1 cm³/mol. The number of H-pyrrole nitrogens is 1. The van der Waals surface area contributed by atoms with E-state index in [1.165, 1.54) is 0 Å². The minimum atomic E-state index is -0.145. The van der Waals surface area contributed by atoms with Gasteiger partial charge < -0.3 is 4.98 Å². The first-order chi connectivity index (χ1) is 11.2. The van der Waals surface area contributed by atoms with Crippen molar-refractivity contribution in [3.8, 4) is 11.5 Å². The Kier molecular flexibility index (Phi) is 3.50. The standard InChI is InChI=1S/C17H12BrN3OS/c1-2-9-5-11(18)7-12-15(9)20-16(21-17(12)22)13-6-10-3-4-23-14(10)8-19-13/h3-8H,2H2,1H3,(H,20,21,22). The number of thiophene rings is 1. The predicted octanol–water partition coefficient (Wildman–Crippen LogP) is 4.52. The van der Waals surface area contributed by atoms with Crippen molar-refractivity contribution in [1.82, 2.24) is 15.0 Å². The number of rotatable bonds is 2. The summed E-state index contributed by atoms with van der Waals surface area (Å²) >= 11 is 5.10. The van der Waals surface area contributed by atoms with Gasteiger partial charge in [0.25, 0.3) is 5.56 Å². The van der Waals surface area contributed by atoms with Crippen LogP contribution in [0, 0.1) is 0 Å². The molecule has 0 spiro atoms. The van der Waals surface area contributed by atoms with Crippen molar-refractivity contribution in [3.05, 3.63) is 56.2 Å². The molecular weight excluding hydrogens is 374 g/mol. The van der Waals surface area contributed by atoms with Gasteiger partial charge in [-0.15, -0.1) is 11.3 Å². The summed E-state index contributed by atoms with van der Waals surface area (Å²) in [5.74, 6) is 0.507. The Hall–Kier alpha value is -2.05. The molecule has 4 aromatic rings. The molecule has 0 aliphatic rings. The van der Waals surface area contributed by atoms with E-state index in [-0.39, 0.29) is 5.56 Å². The molecule has 0 saturated heterocycles. The summed E-state index contributed by atoms with van der Waals surface area (Å²) in [7, 11) is 0. The summed E-state index contributed by atoms with van der Waals surface area (Å²) in [6.45, 7) is 2.05. The van der Waals surface area contributed by atoms with E-state index < -0.39 is 0 Å². The summed E-state index contributed by atoms with van der Waals surface area (Å²) in [6, 6.07) is 7.81. The lowest BCUT2D eigenvalue weighted by atomic mass is 10.1. The van der Waals surface area contributed by atoms with E-state index in [0.29, 0.717) is 16.9 Å². The smallest absolute Gasteiger partial charge is 0.259 e. The monoisotopic (exact) mass is 385 g/mol. The molecule has 3 heterocycles. The molecular formula is C17H12BrN3OS. The summed E-state index contributed by atoms with van der Waals surface area (Å²) in [5, 5.41) is 3.73. The van der Waals surface area contributed by atoms with Gasteiger partial charge in [-0.3, -0.25) is 9.78 Å². The normalized spacial score (nSPS) is 11.4. The minimum Gasteiger partial charge on any atom is -0.305 e. The Bertz CT molecular complexity index is 1100. The van der Waals surface area contributed by atoms with Gasteiger partial charge in [-0.25, -0.2) is 4.98 Å². The zero-order chi connectivity index (χ0) is 16.0. The second-order valence-electron chi connectivity index (χ2n) is 5.26. The molecule has 0 bridgehead atoms. The van der Waals surface area contributed by atoms with Crippen molar-refractivity contribution >= 4 is 48.3 Å². The average molecular weight is 386 g/mol. The highest BCUT2D eigenvalue weighted by atomic mass is 79.9. The highest BCUT2D eigenvalue weighted by Gasteiger charge is 2.11. The minimum absolute atomic E-state index is 0.145. The van der Waals surface area contributed by atoms with E-state index in [1.807, 2.05) is 29.8 Å². The van der Waals surface area contributed by atoms with Crippen LogP contribution in [0.15, 0.2) is 45.1 Å². The number of pyridine rings is 1. The summed E-state index contributed by atoms with van der Waals surface area (Å²) in [6.07, 6.45) is 2.63. The molecule has 0 aliphatic carbocycles. The Morgan fingerprint density at radius 3 is 3.00 bits per heavy atom. The maximum absolute atomic E-state index is 12.5. The lowest BCUT2D eigenvalue weighted by Crippen LogP contribution is -2.11. The molecule has 23 heavy (non-hydrogen) atoms. The Balaban J connectivity index is 2.00. The summed E-state index contributed by atoms with van der Waals surface area (Å²) < 4.78 is 2.01. The van der Waals surface area contributed by atoms with Gasteiger partial charge in [0.15, 0.2) is 5.82 Å². The molecule has 4 rings (SSSR count). The largest absolute Gasteiger partial charge is 0.305 e. The average Bonchev–Trinajstić information content (AvgIpc) is 3.02. The Morgan fingerprint density at radius 1 is 1.30 bits per heavy atom. The molecule has 0 unspecified atom stereocenters. The first kappa shape index (κ1) is 14.5. The first-order valence-electron chi connectivity index (χ1n) is 7.22. The van der Waals surface area contributed by atoms with Gasteiger partial charge in [0.05, 0.1) is 15.6 Å². The number of benzene rings is 1. The first-order valence-corrected chi connectivity index (χ1v) is 8.89. The molecule has 3 aromatic heterocycles. The van der Waals surface area contributed by atoms with Crippen molar-refractivity contribution in [1.29, 1.82) is 0 Å². The third-order valence-corrected chi connectivity index (χ3v) is 5.14. The summed E-state index contributed by atoms with van der Waals surface area (Å²) in [4.78, 5) is 24.4. The number of nitrogens with zero attached hydrogens (tertiary/aromatic N) is 2. The van der Waals surface area contributed by atoms with E-state index in [2.05, 4.69) is 37.8 Å². The fraction of sp³-hybridized carbons (Fsp3) is 0.118. The van der Waals surface area contributed by atoms with Crippen molar-refractivity contribution < 1.29 is 0 Å². The van der Waals surface area contributed by atoms with Crippen LogP contribution in [-0.2, 0) is 6.42 Å². The highest BCUT2D eigenvalue weighted by Crippen LogP contribution is 2.26. The molecule has 1 aromatic carbocycles. The number of aromatic nitrogens is 3. The molecule has 0 radical (unpaired) electrons. The summed E-state index contributed by atoms with van der Waals surface area (Å²) in [5.41, 5.74) is 2.31. The Morgan fingerprint density at radius 2 is 2.17 bits per heavy atom. The van der Waals surface area contributed by atoms with Crippen LogP contribution in [0.5, 0.6) is 0 Å². The quantitative estimate of drug-likeness (QED) is 0.551. The zero-order valence-corrected chi connectivity index (χ0v) is 14.7.